The van der Waals surface area contributed by atoms with Crippen molar-refractivity contribution in [1.29, 1.82) is 0 Å². The third-order valence-electron chi connectivity index (χ3n) is 1.83. The zero-order valence-electron chi connectivity index (χ0n) is 7.37. The van der Waals surface area contributed by atoms with Crippen LogP contribution in [0.15, 0.2) is 0 Å². The molecule has 0 aliphatic carbocycles. The zero-order valence-corrected chi connectivity index (χ0v) is 8.19. The number of alkyl halides is 3. The van der Waals surface area contributed by atoms with Crippen LogP contribution in [-0.4, -0.2) is 40.2 Å². The number of thioether (sulfide) groups is 1. The van der Waals surface area contributed by atoms with E-state index < -0.39 is 35.8 Å². The second kappa shape index (κ2) is 4.30. The first-order valence-corrected chi connectivity index (χ1v) is 5.06. The van der Waals surface area contributed by atoms with Crippen molar-refractivity contribution in [2.24, 2.45) is 0 Å². The van der Waals surface area contributed by atoms with E-state index in [1.807, 2.05) is 5.32 Å². The van der Waals surface area contributed by atoms with E-state index in [2.05, 4.69) is 0 Å². The number of carboxylic acids is 1. The number of carbonyl (C=O) groups is 2. The highest BCUT2D eigenvalue weighted by Gasteiger charge is 2.43. The van der Waals surface area contributed by atoms with Gasteiger partial charge < -0.3 is 10.4 Å². The maximum Gasteiger partial charge on any atom is 0.401 e. The number of halogens is 3. The summed E-state index contributed by atoms with van der Waals surface area (Å²) in [6.07, 6.45) is -5.20. The van der Waals surface area contributed by atoms with Gasteiger partial charge in [-0.3, -0.25) is 4.79 Å². The Labute approximate surface area is 87.2 Å². The molecule has 1 aliphatic heterocycles. The van der Waals surface area contributed by atoms with Gasteiger partial charge in [0.15, 0.2) is 0 Å². The molecule has 0 saturated carbocycles. The molecule has 1 aliphatic rings. The van der Waals surface area contributed by atoms with Crippen LogP contribution in [0.4, 0.5) is 13.2 Å². The lowest BCUT2D eigenvalue weighted by Crippen LogP contribution is -2.41. The van der Waals surface area contributed by atoms with E-state index in [9.17, 15) is 22.8 Å². The molecule has 8 heteroatoms. The first-order valence-electron chi connectivity index (χ1n) is 4.01. The van der Waals surface area contributed by atoms with Crippen LogP contribution in [0.5, 0.6) is 0 Å². The number of hydrogen-bond donors (Lipinski definition) is 2. The molecule has 0 bridgehead atoms. The molecule has 2 atom stereocenters. The van der Waals surface area contributed by atoms with Crippen molar-refractivity contribution in [1.82, 2.24) is 5.32 Å². The Morgan fingerprint density at radius 1 is 1.53 bits per heavy atom. The Hall–Kier alpha value is -0.920. The summed E-state index contributed by atoms with van der Waals surface area (Å²) in [5.74, 6) is -2.47. The second-order valence-electron chi connectivity index (χ2n) is 3.03. The van der Waals surface area contributed by atoms with Crippen molar-refractivity contribution in [3.05, 3.63) is 0 Å². The molecule has 0 radical (unpaired) electrons. The topological polar surface area (TPSA) is 66.4 Å². The number of aliphatic carboxylic acids is 1. The van der Waals surface area contributed by atoms with Crippen LogP contribution in [0, 0.1) is 0 Å². The minimum atomic E-state index is -4.48. The Balaban J connectivity index is 2.71. The average molecular weight is 243 g/mol. The second-order valence-corrected chi connectivity index (χ2v) is 4.26. The largest absolute Gasteiger partial charge is 0.480 e. The molecular weight excluding hydrogens is 235 g/mol. The Kier molecular flexibility index (Phi) is 3.48. The van der Waals surface area contributed by atoms with E-state index in [-0.39, 0.29) is 5.75 Å². The Morgan fingerprint density at radius 3 is 2.60 bits per heavy atom. The van der Waals surface area contributed by atoms with Gasteiger partial charge >= 0.3 is 12.1 Å². The fourth-order valence-corrected chi connectivity index (χ4v) is 2.19. The lowest BCUT2D eigenvalue weighted by Gasteiger charge is -2.15. The first-order chi connectivity index (χ1) is 6.80. The number of carboxylic acid groups (broad SMARTS) is 1. The number of amides is 1. The molecule has 0 aromatic carbocycles. The summed E-state index contributed by atoms with van der Waals surface area (Å²) >= 11 is 0.442. The van der Waals surface area contributed by atoms with Gasteiger partial charge in [-0.2, -0.15) is 13.2 Å². The highest BCUT2D eigenvalue weighted by atomic mass is 32.2. The van der Waals surface area contributed by atoms with Crippen molar-refractivity contribution < 1.29 is 27.9 Å². The summed E-state index contributed by atoms with van der Waals surface area (Å²) < 4.78 is 36.8. The highest BCUT2D eigenvalue weighted by molar-refractivity contribution is 8.00. The van der Waals surface area contributed by atoms with Crippen molar-refractivity contribution >= 4 is 23.6 Å². The number of carbonyl (C=O) groups excluding carboxylic acids is 1. The lowest BCUT2D eigenvalue weighted by molar-refractivity contribution is -0.143. The normalized spacial score (nSPS) is 28.1. The SMILES string of the molecule is O=C1C[C@H](C(F)(F)F)SC[C@H](C(=O)O)N1. The molecule has 4 nitrogen and oxygen atoms in total. The number of rotatable bonds is 1. The third-order valence-corrected chi connectivity index (χ3v) is 3.20. The third kappa shape index (κ3) is 3.29. The standard InChI is InChI=1S/C7H8F3NO3S/c8-7(9,10)4-1-5(12)11-3(2-15-4)6(13)14/h3-4H,1-2H2,(H,11,12)(H,13,14)/t3-,4-/m1/s1. The van der Waals surface area contributed by atoms with E-state index in [0.717, 1.165) is 0 Å². The zero-order chi connectivity index (χ0) is 11.6. The van der Waals surface area contributed by atoms with Gasteiger partial charge in [-0.1, -0.05) is 0 Å². The van der Waals surface area contributed by atoms with E-state index in [4.69, 9.17) is 5.11 Å². The lowest BCUT2D eigenvalue weighted by atomic mass is 10.2. The smallest absolute Gasteiger partial charge is 0.401 e. The van der Waals surface area contributed by atoms with Gasteiger partial charge in [0.25, 0.3) is 0 Å². The van der Waals surface area contributed by atoms with Crippen molar-refractivity contribution in [2.75, 3.05) is 5.75 Å². The molecule has 1 rings (SSSR count). The molecule has 2 N–H and O–H groups in total. The van der Waals surface area contributed by atoms with Gasteiger partial charge in [-0.05, 0) is 0 Å². The van der Waals surface area contributed by atoms with Crippen LogP contribution in [0.2, 0.25) is 0 Å². The molecule has 0 spiro atoms. The predicted octanol–water partition coefficient (Wildman–Crippen LogP) is 0.624. The maximum atomic E-state index is 12.3. The van der Waals surface area contributed by atoms with Gasteiger partial charge in [0, 0.05) is 12.2 Å². The van der Waals surface area contributed by atoms with Crippen molar-refractivity contribution in [3.63, 3.8) is 0 Å². The molecule has 1 saturated heterocycles. The van der Waals surface area contributed by atoms with Gasteiger partial charge in [0.1, 0.15) is 11.3 Å². The number of hydrogen-bond acceptors (Lipinski definition) is 3. The van der Waals surface area contributed by atoms with Gasteiger partial charge in [0.2, 0.25) is 5.91 Å². The monoisotopic (exact) mass is 243 g/mol. The molecule has 1 amide bonds. The quantitative estimate of drug-likeness (QED) is 0.708. The molecular formula is C7H8F3NO3S. The van der Waals surface area contributed by atoms with E-state index in [1.54, 1.807) is 0 Å². The van der Waals surface area contributed by atoms with Crippen molar-refractivity contribution in [2.45, 2.75) is 23.9 Å². The van der Waals surface area contributed by atoms with E-state index in [0.29, 0.717) is 11.8 Å². The van der Waals surface area contributed by atoms with Gasteiger partial charge in [-0.25, -0.2) is 4.79 Å². The average Bonchev–Trinajstić information content (AvgIpc) is 2.25. The van der Waals surface area contributed by atoms with Crippen LogP contribution in [-0.2, 0) is 9.59 Å². The molecule has 15 heavy (non-hydrogen) atoms. The molecule has 1 heterocycles. The first kappa shape index (κ1) is 12.2. The minimum Gasteiger partial charge on any atom is -0.480 e. The van der Waals surface area contributed by atoms with Gasteiger partial charge in [0.05, 0.1) is 0 Å². The highest BCUT2D eigenvalue weighted by Crippen LogP contribution is 2.34. The minimum absolute atomic E-state index is 0.273. The summed E-state index contributed by atoms with van der Waals surface area (Å²) in [4.78, 5) is 21.5. The summed E-state index contributed by atoms with van der Waals surface area (Å²) in [6.45, 7) is 0. The van der Waals surface area contributed by atoms with Crippen LogP contribution in [0.1, 0.15) is 6.42 Å². The molecule has 0 unspecified atom stereocenters. The van der Waals surface area contributed by atoms with E-state index >= 15 is 0 Å². The molecule has 0 aromatic rings. The Bertz CT molecular complexity index is 281. The van der Waals surface area contributed by atoms with Crippen molar-refractivity contribution in [3.8, 4) is 0 Å². The fourth-order valence-electron chi connectivity index (χ4n) is 1.08. The van der Waals surface area contributed by atoms with Crippen LogP contribution < -0.4 is 5.32 Å². The predicted molar refractivity (Wildman–Crippen MR) is 46.5 cm³/mol. The van der Waals surface area contributed by atoms with E-state index in [1.165, 1.54) is 0 Å². The fraction of sp³-hybridized carbons (Fsp3) is 0.714. The summed E-state index contributed by atoms with van der Waals surface area (Å²) in [7, 11) is 0. The number of nitrogens with one attached hydrogen (secondary N) is 1. The summed E-state index contributed by atoms with van der Waals surface area (Å²) in [6, 6.07) is -1.24. The molecule has 86 valence electrons. The Morgan fingerprint density at radius 2 is 2.13 bits per heavy atom. The summed E-state index contributed by atoms with van der Waals surface area (Å²) in [5, 5.41) is 8.76. The molecule has 0 aromatic heterocycles. The van der Waals surface area contributed by atoms with Crippen LogP contribution in [0.25, 0.3) is 0 Å². The van der Waals surface area contributed by atoms with Crippen LogP contribution >= 0.6 is 11.8 Å². The summed E-state index contributed by atoms with van der Waals surface area (Å²) in [5.41, 5.74) is 0. The molecule has 1 fully saturated rings. The van der Waals surface area contributed by atoms with Gasteiger partial charge in [-0.15, -0.1) is 11.8 Å². The maximum absolute atomic E-state index is 12.3. The van der Waals surface area contributed by atoms with Crippen LogP contribution in [0.3, 0.4) is 0 Å².